The minimum Gasteiger partial charge on any atom is -0.299 e. The van der Waals surface area contributed by atoms with E-state index in [9.17, 15) is 0 Å². The van der Waals surface area contributed by atoms with Gasteiger partial charge in [-0.05, 0) is 25.1 Å². The Morgan fingerprint density at radius 2 is 1.73 bits per heavy atom. The van der Waals surface area contributed by atoms with Crippen molar-refractivity contribution in [2.45, 2.75) is 20.0 Å². The lowest BCUT2D eigenvalue weighted by atomic mass is 10.1. The van der Waals surface area contributed by atoms with Crippen LogP contribution in [0, 0.1) is 0 Å². The highest BCUT2D eigenvalue weighted by Gasteiger charge is 2.14. The fourth-order valence-corrected chi connectivity index (χ4v) is 2.89. The summed E-state index contributed by atoms with van der Waals surface area (Å²) in [7, 11) is 2.12. The number of hydrogen-bond donors (Lipinski definition) is 1. The number of para-hydroxylation sites is 1. The van der Waals surface area contributed by atoms with Gasteiger partial charge >= 0.3 is 0 Å². The summed E-state index contributed by atoms with van der Waals surface area (Å²) in [4.78, 5) is 0. The van der Waals surface area contributed by atoms with Gasteiger partial charge < -0.3 is 0 Å². The van der Waals surface area contributed by atoms with E-state index >= 15 is 0 Å². The first-order valence-electron chi connectivity index (χ1n) is 7.84. The highest BCUT2D eigenvalue weighted by atomic mass is 15.6. The lowest BCUT2D eigenvalue weighted by molar-refractivity contribution is 0.476. The van der Waals surface area contributed by atoms with Crippen molar-refractivity contribution in [1.82, 2.24) is 9.99 Å². The molecule has 0 fully saturated rings. The molecule has 0 spiro atoms. The third kappa shape index (κ3) is 2.60. The first-order chi connectivity index (χ1) is 10.7. The van der Waals surface area contributed by atoms with Gasteiger partial charge in [-0.3, -0.25) is 15.0 Å². The van der Waals surface area contributed by atoms with Crippen molar-refractivity contribution in [2.75, 3.05) is 18.6 Å². The molecule has 0 aliphatic heterocycles. The lowest BCUT2D eigenvalue weighted by Crippen LogP contribution is -2.47. The molecule has 0 amide bonds. The molecule has 1 aromatic heterocycles. The molecule has 114 valence electrons. The van der Waals surface area contributed by atoms with Crippen LogP contribution in [0.25, 0.3) is 22.0 Å². The highest BCUT2D eigenvalue weighted by molar-refractivity contribution is 5.96. The molecular formula is C19H23N3. The van der Waals surface area contributed by atoms with Gasteiger partial charge in [0.1, 0.15) is 0 Å². The molecule has 3 nitrogen and oxygen atoms in total. The van der Waals surface area contributed by atoms with E-state index in [2.05, 4.69) is 96.7 Å². The van der Waals surface area contributed by atoms with Gasteiger partial charge in [0, 0.05) is 24.2 Å². The summed E-state index contributed by atoms with van der Waals surface area (Å²) < 4.78 is 2.24. The van der Waals surface area contributed by atoms with Crippen molar-refractivity contribution in [3.8, 4) is 11.1 Å². The Morgan fingerprint density at radius 3 is 2.45 bits per heavy atom. The number of nitrogens with one attached hydrogen (secondary N) is 1. The maximum Gasteiger partial charge on any atom is 0.0916 e. The van der Waals surface area contributed by atoms with Crippen LogP contribution in [-0.4, -0.2) is 24.4 Å². The smallest absolute Gasteiger partial charge is 0.0916 e. The third-order valence-electron chi connectivity index (χ3n) is 4.18. The molecule has 0 saturated carbocycles. The van der Waals surface area contributed by atoms with Crippen LogP contribution in [-0.2, 0) is 0 Å². The van der Waals surface area contributed by atoms with E-state index in [0.29, 0.717) is 0 Å². The zero-order chi connectivity index (χ0) is 15.5. The minimum atomic E-state index is 0.268. The molecule has 22 heavy (non-hydrogen) atoms. The van der Waals surface area contributed by atoms with Gasteiger partial charge in [-0.2, -0.15) is 0 Å². The van der Waals surface area contributed by atoms with Crippen molar-refractivity contribution < 1.29 is 0 Å². The summed E-state index contributed by atoms with van der Waals surface area (Å²) in [6.45, 7) is 5.27. The fraction of sp³-hybridized carbons (Fsp3) is 0.263. The number of nitrogens with zero attached hydrogens (tertiary/aromatic N) is 2. The Morgan fingerprint density at radius 1 is 1.05 bits per heavy atom. The largest absolute Gasteiger partial charge is 0.299 e. The Hall–Kier alpha value is -2.26. The van der Waals surface area contributed by atoms with Gasteiger partial charge in [-0.1, -0.05) is 55.5 Å². The predicted molar refractivity (Wildman–Crippen MR) is 94.7 cm³/mol. The second-order valence-corrected chi connectivity index (χ2v) is 5.58. The number of fused-ring (bicyclic) bond motifs is 1. The molecule has 1 atom stereocenters. The molecule has 0 bridgehead atoms. The summed E-state index contributed by atoms with van der Waals surface area (Å²) in [5.74, 6) is 0. The minimum absolute atomic E-state index is 0.268. The molecule has 2 aromatic carbocycles. The van der Waals surface area contributed by atoms with Crippen LogP contribution in [0.3, 0.4) is 0 Å². The number of rotatable bonds is 5. The van der Waals surface area contributed by atoms with Gasteiger partial charge in [0.25, 0.3) is 0 Å². The standard InChI is InChI=1S/C19H23N3/c1-4-20-15(2)21(3)22-14-18(16-10-6-5-7-11-16)17-12-8-9-13-19(17)22/h5-15,20H,4H2,1-3H3. The quantitative estimate of drug-likeness (QED) is 0.721. The molecular weight excluding hydrogens is 270 g/mol. The number of benzene rings is 2. The van der Waals surface area contributed by atoms with Gasteiger partial charge in [0.2, 0.25) is 0 Å². The molecule has 0 radical (unpaired) electrons. The predicted octanol–water partition coefficient (Wildman–Crippen LogP) is 3.83. The first kappa shape index (κ1) is 14.7. The normalized spacial score (nSPS) is 12.5. The summed E-state index contributed by atoms with van der Waals surface area (Å²) in [6, 6.07) is 19.1. The molecule has 3 rings (SSSR count). The van der Waals surface area contributed by atoms with E-state index in [1.165, 1.54) is 22.0 Å². The van der Waals surface area contributed by atoms with Crippen LogP contribution < -0.4 is 10.3 Å². The van der Waals surface area contributed by atoms with E-state index in [1.54, 1.807) is 0 Å². The molecule has 0 aliphatic rings. The lowest BCUT2D eigenvalue weighted by Gasteiger charge is -2.29. The second-order valence-electron chi connectivity index (χ2n) is 5.58. The van der Waals surface area contributed by atoms with Crippen LogP contribution in [0.2, 0.25) is 0 Å². The summed E-state index contributed by atoms with van der Waals surface area (Å²) in [6.07, 6.45) is 2.50. The van der Waals surface area contributed by atoms with E-state index in [1.807, 2.05) is 0 Å². The molecule has 3 heteroatoms. The fourth-order valence-electron chi connectivity index (χ4n) is 2.89. The summed E-state index contributed by atoms with van der Waals surface area (Å²) in [5, 5.41) is 6.98. The molecule has 1 N–H and O–H groups in total. The number of hydrogen-bond acceptors (Lipinski definition) is 2. The first-order valence-corrected chi connectivity index (χ1v) is 7.84. The van der Waals surface area contributed by atoms with Crippen LogP contribution in [0.4, 0.5) is 0 Å². The van der Waals surface area contributed by atoms with Gasteiger partial charge in [0.05, 0.1) is 11.7 Å². The average Bonchev–Trinajstić information content (AvgIpc) is 2.95. The van der Waals surface area contributed by atoms with Crippen LogP contribution in [0.15, 0.2) is 60.8 Å². The van der Waals surface area contributed by atoms with E-state index in [0.717, 1.165) is 6.54 Å². The molecule has 0 saturated heterocycles. The SMILES string of the molecule is CCNC(C)N(C)n1cc(-c2ccccc2)c2ccccc21. The van der Waals surface area contributed by atoms with E-state index in [-0.39, 0.29) is 6.17 Å². The summed E-state index contributed by atoms with van der Waals surface area (Å²) in [5.41, 5.74) is 3.75. The maximum absolute atomic E-state index is 3.46. The van der Waals surface area contributed by atoms with E-state index in [4.69, 9.17) is 0 Å². The zero-order valence-corrected chi connectivity index (χ0v) is 13.5. The van der Waals surface area contributed by atoms with Crippen LogP contribution >= 0.6 is 0 Å². The maximum atomic E-state index is 3.46. The molecule has 3 aromatic rings. The summed E-state index contributed by atoms with van der Waals surface area (Å²) >= 11 is 0. The van der Waals surface area contributed by atoms with Crippen molar-refractivity contribution in [1.29, 1.82) is 0 Å². The Bertz CT molecular complexity index is 746. The monoisotopic (exact) mass is 293 g/mol. The van der Waals surface area contributed by atoms with Crippen molar-refractivity contribution in [3.05, 3.63) is 60.8 Å². The van der Waals surface area contributed by atoms with Gasteiger partial charge in [0.15, 0.2) is 0 Å². The zero-order valence-electron chi connectivity index (χ0n) is 13.5. The van der Waals surface area contributed by atoms with Crippen molar-refractivity contribution in [2.24, 2.45) is 0 Å². The van der Waals surface area contributed by atoms with Crippen LogP contribution in [0.1, 0.15) is 13.8 Å². The third-order valence-corrected chi connectivity index (χ3v) is 4.18. The molecule has 1 unspecified atom stereocenters. The Labute approximate surface area is 132 Å². The Kier molecular flexibility index (Phi) is 4.16. The second kappa shape index (κ2) is 6.24. The van der Waals surface area contributed by atoms with Gasteiger partial charge in [-0.25, -0.2) is 0 Å². The van der Waals surface area contributed by atoms with Crippen LogP contribution in [0.5, 0.6) is 0 Å². The Balaban J connectivity index is 2.12. The number of aromatic nitrogens is 1. The van der Waals surface area contributed by atoms with Crippen molar-refractivity contribution >= 4 is 10.9 Å². The molecule has 0 aliphatic carbocycles. The topological polar surface area (TPSA) is 20.2 Å². The highest BCUT2D eigenvalue weighted by Crippen LogP contribution is 2.30. The van der Waals surface area contributed by atoms with E-state index < -0.39 is 0 Å². The van der Waals surface area contributed by atoms with Crippen molar-refractivity contribution in [3.63, 3.8) is 0 Å². The molecule has 1 heterocycles. The van der Waals surface area contributed by atoms with Gasteiger partial charge in [-0.15, -0.1) is 0 Å². The average molecular weight is 293 g/mol.